The topological polar surface area (TPSA) is 53.2 Å². The van der Waals surface area contributed by atoms with Gasteiger partial charge in [0.15, 0.2) is 5.11 Å². The van der Waals surface area contributed by atoms with E-state index < -0.39 is 0 Å². The molecular weight excluding hydrogens is 306 g/mol. The van der Waals surface area contributed by atoms with E-state index >= 15 is 0 Å². The Hall–Kier alpha value is -1.62. The Labute approximate surface area is 144 Å². The molecule has 23 heavy (non-hydrogen) atoms. The molecule has 2 rings (SSSR count). The van der Waals surface area contributed by atoms with Crippen molar-refractivity contribution in [3.05, 3.63) is 28.8 Å². The van der Waals surface area contributed by atoms with E-state index in [4.69, 9.17) is 12.2 Å². The van der Waals surface area contributed by atoms with Crippen molar-refractivity contribution in [2.24, 2.45) is 0 Å². The van der Waals surface area contributed by atoms with Gasteiger partial charge in [-0.2, -0.15) is 0 Å². The molecule has 0 atom stereocenters. The van der Waals surface area contributed by atoms with Crippen molar-refractivity contribution < 1.29 is 4.79 Å². The van der Waals surface area contributed by atoms with Gasteiger partial charge >= 0.3 is 0 Å². The third-order valence-corrected chi connectivity index (χ3v) is 4.55. The van der Waals surface area contributed by atoms with Gasteiger partial charge in [-0.15, -0.1) is 0 Å². The van der Waals surface area contributed by atoms with Gasteiger partial charge in [0.2, 0.25) is 5.91 Å². The zero-order valence-corrected chi connectivity index (χ0v) is 15.1. The molecule has 4 nitrogen and oxygen atoms in total. The molecule has 0 radical (unpaired) electrons. The lowest BCUT2D eigenvalue weighted by molar-refractivity contribution is -0.115. The van der Waals surface area contributed by atoms with Crippen LogP contribution in [-0.4, -0.2) is 23.6 Å². The van der Waals surface area contributed by atoms with Gasteiger partial charge in [-0.3, -0.25) is 4.79 Å². The van der Waals surface area contributed by atoms with Gasteiger partial charge in [-0.25, -0.2) is 0 Å². The summed E-state index contributed by atoms with van der Waals surface area (Å²) in [5.74, 6) is -0.0761. The number of anilines is 1. The van der Waals surface area contributed by atoms with Crippen LogP contribution in [0.15, 0.2) is 12.1 Å². The van der Waals surface area contributed by atoms with Crippen molar-refractivity contribution in [2.75, 3.05) is 11.9 Å². The number of carbonyl (C=O) groups excluding carboxylic acids is 1. The summed E-state index contributed by atoms with van der Waals surface area (Å²) < 4.78 is 0. The molecule has 1 aliphatic carbocycles. The first-order valence-electron chi connectivity index (χ1n) is 8.38. The first-order chi connectivity index (χ1) is 11.0. The van der Waals surface area contributed by atoms with E-state index in [0.717, 1.165) is 29.7 Å². The van der Waals surface area contributed by atoms with Crippen LogP contribution in [0.3, 0.4) is 0 Å². The monoisotopic (exact) mass is 333 g/mol. The van der Waals surface area contributed by atoms with Gasteiger partial charge in [0.25, 0.3) is 0 Å². The van der Waals surface area contributed by atoms with Crippen LogP contribution in [0.5, 0.6) is 0 Å². The third-order valence-electron chi connectivity index (χ3n) is 4.29. The van der Waals surface area contributed by atoms with Crippen molar-refractivity contribution in [3.8, 4) is 0 Å². The van der Waals surface area contributed by atoms with Crippen molar-refractivity contribution >= 4 is 28.9 Å². The Balaban J connectivity index is 1.80. The molecule has 0 saturated heterocycles. The van der Waals surface area contributed by atoms with Gasteiger partial charge in [-0.05, 0) is 57.0 Å². The van der Waals surface area contributed by atoms with Gasteiger partial charge in [0, 0.05) is 11.7 Å². The smallest absolute Gasteiger partial charge is 0.243 e. The molecule has 1 aromatic rings. The Bertz CT molecular complexity index is 557. The summed E-state index contributed by atoms with van der Waals surface area (Å²) in [7, 11) is 0. The average molecular weight is 334 g/mol. The fourth-order valence-corrected chi connectivity index (χ4v) is 3.44. The second kappa shape index (κ2) is 8.29. The maximum Gasteiger partial charge on any atom is 0.243 e. The van der Waals surface area contributed by atoms with Crippen LogP contribution in [0.4, 0.5) is 5.69 Å². The first-order valence-corrected chi connectivity index (χ1v) is 8.78. The van der Waals surface area contributed by atoms with Crippen LogP contribution < -0.4 is 16.0 Å². The lowest BCUT2D eigenvalue weighted by Crippen LogP contribution is -2.45. The average Bonchev–Trinajstić information content (AvgIpc) is 2.50. The number of hydrogen-bond donors (Lipinski definition) is 3. The molecule has 1 amide bonds. The molecule has 3 N–H and O–H groups in total. The van der Waals surface area contributed by atoms with Gasteiger partial charge in [-0.1, -0.05) is 37.0 Å². The maximum atomic E-state index is 12.1. The molecule has 0 aromatic heterocycles. The fourth-order valence-electron chi connectivity index (χ4n) is 3.20. The molecule has 0 aliphatic heterocycles. The molecule has 0 spiro atoms. The Morgan fingerprint density at radius 1 is 1.13 bits per heavy atom. The zero-order valence-electron chi connectivity index (χ0n) is 14.3. The number of thiocarbonyl (C=S) groups is 1. The number of nitrogens with one attached hydrogen (secondary N) is 3. The second-order valence-electron chi connectivity index (χ2n) is 6.48. The summed E-state index contributed by atoms with van der Waals surface area (Å²) >= 11 is 5.28. The van der Waals surface area contributed by atoms with E-state index in [-0.39, 0.29) is 12.5 Å². The molecule has 0 unspecified atom stereocenters. The number of carbonyl (C=O) groups is 1. The number of amides is 1. The zero-order chi connectivity index (χ0) is 16.8. The van der Waals surface area contributed by atoms with E-state index in [1.807, 2.05) is 13.8 Å². The molecule has 126 valence electrons. The summed E-state index contributed by atoms with van der Waals surface area (Å²) in [4.78, 5) is 12.1. The first kappa shape index (κ1) is 17.7. The highest BCUT2D eigenvalue weighted by Gasteiger charge is 2.14. The van der Waals surface area contributed by atoms with Crippen LogP contribution in [-0.2, 0) is 4.79 Å². The van der Waals surface area contributed by atoms with Gasteiger partial charge in [0.05, 0.1) is 6.54 Å². The Morgan fingerprint density at radius 2 is 1.74 bits per heavy atom. The van der Waals surface area contributed by atoms with Crippen LogP contribution in [0.2, 0.25) is 0 Å². The Kier molecular flexibility index (Phi) is 6.39. The SMILES string of the molecule is Cc1cc(C)c(NC(=O)CNC(=S)NC2CCCCC2)c(C)c1. The Morgan fingerprint density at radius 3 is 2.35 bits per heavy atom. The van der Waals surface area contributed by atoms with Crippen molar-refractivity contribution in [3.63, 3.8) is 0 Å². The van der Waals surface area contributed by atoms with Gasteiger partial charge < -0.3 is 16.0 Å². The van der Waals surface area contributed by atoms with E-state index in [9.17, 15) is 4.79 Å². The normalized spacial score (nSPS) is 15.1. The number of hydrogen-bond acceptors (Lipinski definition) is 2. The summed E-state index contributed by atoms with van der Waals surface area (Å²) in [6.07, 6.45) is 6.15. The van der Waals surface area contributed by atoms with Crippen LogP contribution in [0.1, 0.15) is 48.8 Å². The molecular formula is C18H27N3OS. The fraction of sp³-hybridized carbons (Fsp3) is 0.556. The predicted octanol–water partition coefficient (Wildman–Crippen LogP) is 3.35. The number of benzene rings is 1. The van der Waals surface area contributed by atoms with E-state index in [0.29, 0.717) is 11.2 Å². The summed E-state index contributed by atoms with van der Waals surface area (Å²) in [5.41, 5.74) is 4.26. The highest BCUT2D eigenvalue weighted by Crippen LogP contribution is 2.21. The standard InChI is InChI=1S/C18H27N3OS/c1-12-9-13(2)17(14(3)10-12)21-16(22)11-19-18(23)20-15-7-5-4-6-8-15/h9-10,15H,4-8,11H2,1-3H3,(H,21,22)(H2,19,20,23). The molecule has 1 saturated carbocycles. The van der Waals surface area contributed by atoms with Crippen LogP contribution in [0, 0.1) is 20.8 Å². The van der Waals surface area contributed by atoms with Crippen molar-refractivity contribution in [1.82, 2.24) is 10.6 Å². The highest BCUT2D eigenvalue weighted by atomic mass is 32.1. The summed E-state index contributed by atoms with van der Waals surface area (Å²) in [5, 5.41) is 9.87. The number of rotatable bonds is 4. The minimum absolute atomic E-state index is 0.0761. The molecule has 1 aliphatic rings. The molecule has 5 heteroatoms. The molecule has 0 bridgehead atoms. The van der Waals surface area contributed by atoms with Crippen molar-refractivity contribution in [2.45, 2.75) is 58.9 Å². The van der Waals surface area contributed by atoms with E-state index in [2.05, 4.69) is 35.0 Å². The van der Waals surface area contributed by atoms with Crippen LogP contribution in [0.25, 0.3) is 0 Å². The van der Waals surface area contributed by atoms with Crippen molar-refractivity contribution in [1.29, 1.82) is 0 Å². The largest absolute Gasteiger partial charge is 0.360 e. The van der Waals surface area contributed by atoms with Crippen LogP contribution >= 0.6 is 12.2 Å². The lowest BCUT2D eigenvalue weighted by Gasteiger charge is -2.24. The minimum Gasteiger partial charge on any atom is -0.360 e. The molecule has 1 aromatic carbocycles. The minimum atomic E-state index is -0.0761. The van der Waals surface area contributed by atoms with E-state index in [1.54, 1.807) is 0 Å². The molecule has 1 fully saturated rings. The second-order valence-corrected chi connectivity index (χ2v) is 6.89. The summed E-state index contributed by atoms with van der Waals surface area (Å²) in [6.45, 7) is 6.27. The molecule has 0 heterocycles. The summed E-state index contributed by atoms with van der Waals surface area (Å²) in [6, 6.07) is 4.60. The van der Waals surface area contributed by atoms with E-state index in [1.165, 1.54) is 24.8 Å². The lowest BCUT2D eigenvalue weighted by atomic mass is 9.96. The third kappa shape index (κ3) is 5.50. The number of aryl methyl sites for hydroxylation is 3. The quantitative estimate of drug-likeness (QED) is 0.740. The highest BCUT2D eigenvalue weighted by molar-refractivity contribution is 7.80. The maximum absolute atomic E-state index is 12.1. The van der Waals surface area contributed by atoms with Gasteiger partial charge in [0.1, 0.15) is 0 Å². The predicted molar refractivity (Wildman–Crippen MR) is 99.9 cm³/mol.